The van der Waals surface area contributed by atoms with Crippen molar-refractivity contribution in [2.24, 2.45) is 0 Å². The fourth-order valence-corrected chi connectivity index (χ4v) is 2.44. The van der Waals surface area contributed by atoms with Gasteiger partial charge in [-0.2, -0.15) is 0 Å². The van der Waals surface area contributed by atoms with Gasteiger partial charge >= 0.3 is 0 Å². The minimum absolute atomic E-state index is 0.260. The molecule has 5 nitrogen and oxygen atoms in total. The normalized spacial score (nSPS) is 10.4. The first-order chi connectivity index (χ1) is 12.0. The maximum absolute atomic E-state index is 12.5. The van der Waals surface area contributed by atoms with Crippen molar-refractivity contribution < 1.29 is 4.79 Å². The molecule has 0 aliphatic carbocycles. The molecule has 25 heavy (non-hydrogen) atoms. The van der Waals surface area contributed by atoms with Crippen LogP contribution in [-0.4, -0.2) is 15.9 Å². The van der Waals surface area contributed by atoms with Crippen LogP contribution < -0.4 is 10.6 Å². The van der Waals surface area contributed by atoms with Crippen LogP contribution >= 0.6 is 0 Å². The number of carbonyl (C=O) groups excluding carboxylic acids is 1. The Morgan fingerprint density at radius 1 is 0.920 bits per heavy atom. The first-order valence-electron chi connectivity index (χ1n) is 8.07. The molecule has 3 aromatic rings. The number of nitrogens with zero attached hydrogens (tertiary/aromatic N) is 2. The average molecular weight is 332 g/mol. The van der Waals surface area contributed by atoms with E-state index in [2.05, 4.69) is 20.6 Å². The molecule has 1 heterocycles. The van der Waals surface area contributed by atoms with Gasteiger partial charge in [-0.25, -0.2) is 9.97 Å². The van der Waals surface area contributed by atoms with Gasteiger partial charge in [-0.05, 0) is 55.7 Å². The number of para-hydroxylation sites is 1. The third-order valence-electron chi connectivity index (χ3n) is 3.92. The number of aromatic nitrogens is 2. The van der Waals surface area contributed by atoms with Crippen LogP contribution in [0, 0.1) is 20.8 Å². The molecular weight excluding hydrogens is 312 g/mol. The monoisotopic (exact) mass is 332 g/mol. The van der Waals surface area contributed by atoms with E-state index in [-0.39, 0.29) is 5.91 Å². The molecule has 2 N–H and O–H groups in total. The lowest BCUT2D eigenvalue weighted by molar-refractivity contribution is 0.102. The second-order valence-electron chi connectivity index (χ2n) is 5.98. The van der Waals surface area contributed by atoms with Crippen molar-refractivity contribution in [1.82, 2.24) is 9.97 Å². The highest BCUT2D eigenvalue weighted by Crippen LogP contribution is 2.19. The molecule has 0 spiro atoms. The van der Waals surface area contributed by atoms with Gasteiger partial charge in [-0.15, -0.1) is 0 Å². The molecule has 0 aliphatic rings. The Morgan fingerprint density at radius 2 is 1.68 bits per heavy atom. The molecule has 0 radical (unpaired) electrons. The van der Waals surface area contributed by atoms with Crippen molar-refractivity contribution >= 4 is 23.2 Å². The summed E-state index contributed by atoms with van der Waals surface area (Å²) in [6, 6.07) is 15.4. The summed E-state index contributed by atoms with van der Waals surface area (Å²) >= 11 is 0. The number of nitrogens with one attached hydrogen (secondary N) is 2. The molecule has 126 valence electrons. The number of aryl methyl sites for hydroxylation is 3. The number of anilines is 3. The predicted octanol–water partition coefficient (Wildman–Crippen LogP) is 4.40. The lowest BCUT2D eigenvalue weighted by atomic mass is 10.1. The minimum atomic E-state index is -0.260. The van der Waals surface area contributed by atoms with E-state index in [0.717, 1.165) is 28.1 Å². The van der Waals surface area contributed by atoms with Gasteiger partial charge in [0.2, 0.25) is 5.95 Å². The Hall–Kier alpha value is -3.21. The molecule has 0 aliphatic heterocycles. The topological polar surface area (TPSA) is 66.9 Å². The van der Waals surface area contributed by atoms with Gasteiger partial charge in [0.15, 0.2) is 0 Å². The van der Waals surface area contributed by atoms with Gasteiger partial charge in [0.1, 0.15) is 5.69 Å². The standard InChI is InChI=1S/C20H20N4O/c1-13-8-9-15(3)18(12-13)22-19(25)17-10-11-21-20(24-17)23-16-7-5-4-6-14(16)2/h4-12H,1-3H3,(H,22,25)(H,21,23,24). The maximum atomic E-state index is 12.5. The molecule has 0 saturated heterocycles. The largest absolute Gasteiger partial charge is 0.324 e. The van der Waals surface area contributed by atoms with Crippen LogP contribution in [-0.2, 0) is 0 Å². The van der Waals surface area contributed by atoms with Crippen LogP contribution in [0.4, 0.5) is 17.3 Å². The smallest absolute Gasteiger partial charge is 0.274 e. The van der Waals surface area contributed by atoms with E-state index < -0.39 is 0 Å². The lowest BCUT2D eigenvalue weighted by Crippen LogP contribution is -2.15. The van der Waals surface area contributed by atoms with Crippen LogP contribution in [0.3, 0.4) is 0 Å². The highest BCUT2D eigenvalue weighted by Gasteiger charge is 2.11. The minimum Gasteiger partial charge on any atom is -0.324 e. The van der Waals surface area contributed by atoms with Gasteiger partial charge < -0.3 is 10.6 Å². The average Bonchev–Trinajstić information content (AvgIpc) is 2.60. The number of rotatable bonds is 4. The van der Waals surface area contributed by atoms with E-state index in [1.165, 1.54) is 0 Å². The highest BCUT2D eigenvalue weighted by atomic mass is 16.1. The first-order valence-corrected chi connectivity index (χ1v) is 8.07. The molecule has 0 bridgehead atoms. The van der Waals surface area contributed by atoms with E-state index >= 15 is 0 Å². The Kier molecular flexibility index (Phi) is 4.75. The molecule has 1 amide bonds. The zero-order valence-electron chi connectivity index (χ0n) is 14.5. The van der Waals surface area contributed by atoms with Crippen LogP contribution in [0.5, 0.6) is 0 Å². The number of amides is 1. The Balaban J connectivity index is 1.80. The summed E-state index contributed by atoms with van der Waals surface area (Å²) in [5.74, 6) is 0.131. The van der Waals surface area contributed by atoms with Crippen molar-refractivity contribution in [3.63, 3.8) is 0 Å². The van der Waals surface area contributed by atoms with Crippen LogP contribution in [0.2, 0.25) is 0 Å². The van der Waals surface area contributed by atoms with E-state index in [9.17, 15) is 4.79 Å². The van der Waals surface area contributed by atoms with Crippen LogP contribution in [0.15, 0.2) is 54.7 Å². The van der Waals surface area contributed by atoms with Gasteiger partial charge in [-0.3, -0.25) is 4.79 Å². The van der Waals surface area contributed by atoms with Crippen molar-refractivity contribution in [1.29, 1.82) is 0 Å². The molecule has 3 rings (SSSR count). The number of carbonyl (C=O) groups is 1. The molecule has 1 aromatic heterocycles. The summed E-state index contributed by atoms with van der Waals surface area (Å²) in [5, 5.41) is 6.06. The zero-order chi connectivity index (χ0) is 17.8. The second-order valence-corrected chi connectivity index (χ2v) is 5.98. The highest BCUT2D eigenvalue weighted by molar-refractivity contribution is 6.03. The molecule has 2 aromatic carbocycles. The number of hydrogen-bond donors (Lipinski definition) is 2. The van der Waals surface area contributed by atoms with Gasteiger partial charge in [-0.1, -0.05) is 30.3 Å². The fourth-order valence-electron chi connectivity index (χ4n) is 2.44. The molecule has 0 atom stereocenters. The summed E-state index contributed by atoms with van der Waals surface area (Å²) in [6.45, 7) is 5.95. The van der Waals surface area contributed by atoms with E-state index in [1.807, 2.05) is 63.2 Å². The third-order valence-corrected chi connectivity index (χ3v) is 3.92. The molecule has 0 fully saturated rings. The molecule has 5 heteroatoms. The summed E-state index contributed by atoms with van der Waals surface area (Å²) in [5.41, 5.74) is 5.19. The SMILES string of the molecule is Cc1ccc(C)c(NC(=O)c2ccnc(Nc3ccccc3C)n2)c1. The van der Waals surface area contributed by atoms with Crippen molar-refractivity contribution in [3.05, 3.63) is 77.1 Å². The van der Waals surface area contributed by atoms with Crippen LogP contribution in [0.25, 0.3) is 0 Å². The quantitative estimate of drug-likeness (QED) is 0.743. The summed E-state index contributed by atoms with van der Waals surface area (Å²) in [4.78, 5) is 21.0. The Morgan fingerprint density at radius 3 is 2.48 bits per heavy atom. The molecule has 0 unspecified atom stereocenters. The number of benzene rings is 2. The van der Waals surface area contributed by atoms with Crippen molar-refractivity contribution in [3.8, 4) is 0 Å². The lowest BCUT2D eigenvalue weighted by Gasteiger charge is -2.10. The van der Waals surface area contributed by atoms with E-state index in [0.29, 0.717) is 11.6 Å². The maximum Gasteiger partial charge on any atom is 0.274 e. The summed E-state index contributed by atoms with van der Waals surface area (Å²) in [6.07, 6.45) is 1.58. The van der Waals surface area contributed by atoms with Crippen LogP contribution in [0.1, 0.15) is 27.2 Å². The van der Waals surface area contributed by atoms with E-state index in [1.54, 1.807) is 12.3 Å². The number of hydrogen-bond acceptors (Lipinski definition) is 4. The van der Waals surface area contributed by atoms with Gasteiger partial charge in [0, 0.05) is 17.6 Å². The summed E-state index contributed by atoms with van der Waals surface area (Å²) < 4.78 is 0. The molecule has 0 saturated carbocycles. The van der Waals surface area contributed by atoms with Crippen molar-refractivity contribution in [2.75, 3.05) is 10.6 Å². The second kappa shape index (κ2) is 7.13. The Bertz CT molecular complexity index is 921. The predicted molar refractivity (Wildman–Crippen MR) is 100 cm³/mol. The third kappa shape index (κ3) is 4.01. The first kappa shape index (κ1) is 16.6. The Labute approximate surface area is 147 Å². The summed E-state index contributed by atoms with van der Waals surface area (Å²) in [7, 11) is 0. The molecular formula is C20H20N4O. The fraction of sp³-hybridized carbons (Fsp3) is 0.150. The van der Waals surface area contributed by atoms with Crippen molar-refractivity contribution in [2.45, 2.75) is 20.8 Å². The zero-order valence-corrected chi connectivity index (χ0v) is 14.5. The van der Waals surface area contributed by atoms with Gasteiger partial charge in [0.05, 0.1) is 0 Å². The van der Waals surface area contributed by atoms with Gasteiger partial charge in [0.25, 0.3) is 5.91 Å². The van der Waals surface area contributed by atoms with E-state index in [4.69, 9.17) is 0 Å².